The lowest BCUT2D eigenvalue weighted by atomic mass is 9.78. The van der Waals surface area contributed by atoms with Crippen LogP contribution in [0, 0.1) is 5.92 Å². The summed E-state index contributed by atoms with van der Waals surface area (Å²) in [5, 5.41) is 0. The topological polar surface area (TPSA) is 74.3 Å². The maximum Gasteiger partial charge on any atom is 0.421 e. The number of esters is 2. The van der Waals surface area contributed by atoms with Gasteiger partial charge in [0.15, 0.2) is 11.5 Å². The van der Waals surface area contributed by atoms with Gasteiger partial charge in [0.05, 0.1) is 13.0 Å². The molecule has 2 aromatic rings. The van der Waals surface area contributed by atoms with Crippen LogP contribution in [0.4, 0.5) is 0 Å². The van der Waals surface area contributed by atoms with E-state index < -0.39 is 23.8 Å². The van der Waals surface area contributed by atoms with E-state index >= 15 is 0 Å². The molecule has 2 aliphatic heterocycles. The SMILES string of the molecule is C=CCc1ccc(OCC2C(c3ccccc3)CCN(CCC)C23OC(=O)C(=O)O3)c(OC)c1. The van der Waals surface area contributed by atoms with Gasteiger partial charge >= 0.3 is 17.8 Å². The number of nitrogens with zero attached hydrogens (tertiary/aromatic N) is 1. The van der Waals surface area contributed by atoms with Crippen LogP contribution >= 0.6 is 0 Å². The molecule has 180 valence electrons. The lowest BCUT2D eigenvalue weighted by Crippen LogP contribution is -2.62. The number of rotatable bonds is 9. The van der Waals surface area contributed by atoms with Crippen LogP contribution in [0.3, 0.4) is 0 Å². The van der Waals surface area contributed by atoms with E-state index in [1.54, 1.807) is 7.11 Å². The Morgan fingerprint density at radius 2 is 1.85 bits per heavy atom. The van der Waals surface area contributed by atoms with Crippen molar-refractivity contribution in [3.05, 3.63) is 72.3 Å². The summed E-state index contributed by atoms with van der Waals surface area (Å²) in [6.45, 7) is 7.24. The van der Waals surface area contributed by atoms with Gasteiger partial charge in [-0.25, -0.2) is 14.5 Å². The lowest BCUT2D eigenvalue weighted by Gasteiger charge is -2.48. The number of hydrogen-bond donors (Lipinski definition) is 0. The normalized spacial score (nSPS) is 21.7. The Labute approximate surface area is 200 Å². The number of allylic oxidation sites excluding steroid dienone is 1. The number of carbonyl (C=O) groups is 2. The van der Waals surface area contributed by atoms with Crippen LogP contribution in [-0.2, 0) is 25.5 Å². The average molecular weight is 466 g/mol. The van der Waals surface area contributed by atoms with Crippen LogP contribution in [0.15, 0.2) is 61.2 Å². The zero-order chi connectivity index (χ0) is 24.1. The summed E-state index contributed by atoms with van der Waals surface area (Å²) in [6, 6.07) is 15.8. The predicted molar refractivity (Wildman–Crippen MR) is 126 cm³/mol. The molecule has 0 radical (unpaired) electrons. The van der Waals surface area contributed by atoms with E-state index in [1.807, 2.05) is 66.4 Å². The van der Waals surface area contributed by atoms with Gasteiger partial charge < -0.3 is 18.9 Å². The van der Waals surface area contributed by atoms with Gasteiger partial charge in [-0.05, 0) is 42.5 Å². The Morgan fingerprint density at radius 1 is 1.12 bits per heavy atom. The molecule has 2 atom stereocenters. The second-order valence-corrected chi connectivity index (χ2v) is 8.60. The van der Waals surface area contributed by atoms with E-state index in [4.69, 9.17) is 18.9 Å². The molecule has 2 aromatic carbocycles. The van der Waals surface area contributed by atoms with Crippen molar-refractivity contribution < 1.29 is 28.5 Å². The molecule has 0 amide bonds. The van der Waals surface area contributed by atoms with Crippen molar-refractivity contribution in [2.45, 2.75) is 38.0 Å². The number of methoxy groups -OCH3 is 1. The Kier molecular flexibility index (Phi) is 7.22. The second-order valence-electron chi connectivity index (χ2n) is 8.60. The standard InChI is InChI=1S/C27H31NO6/c1-4-9-19-12-13-23(24(17-19)31-3)32-18-22-21(20-10-7-6-8-11-20)14-16-28(15-5-2)27(22)33-25(29)26(30)34-27/h4,6-8,10-13,17,21-22H,1,5,9,14-16,18H2,2-3H3. The summed E-state index contributed by atoms with van der Waals surface area (Å²) in [4.78, 5) is 26.5. The van der Waals surface area contributed by atoms with E-state index in [0.717, 1.165) is 30.4 Å². The Morgan fingerprint density at radius 3 is 2.50 bits per heavy atom. The lowest BCUT2D eigenvalue weighted by molar-refractivity contribution is -0.298. The van der Waals surface area contributed by atoms with Crippen LogP contribution in [-0.4, -0.2) is 49.6 Å². The fraction of sp³-hybridized carbons (Fsp3) is 0.407. The quantitative estimate of drug-likeness (QED) is 0.314. The van der Waals surface area contributed by atoms with Gasteiger partial charge in [-0.15, -0.1) is 6.58 Å². The largest absolute Gasteiger partial charge is 0.493 e. The average Bonchev–Trinajstić information content (AvgIpc) is 3.15. The van der Waals surface area contributed by atoms with Gasteiger partial charge in [0.2, 0.25) is 0 Å². The fourth-order valence-corrected chi connectivity index (χ4v) is 4.95. The van der Waals surface area contributed by atoms with Gasteiger partial charge in [0.1, 0.15) is 6.61 Å². The van der Waals surface area contributed by atoms with E-state index in [0.29, 0.717) is 24.6 Å². The first-order valence-corrected chi connectivity index (χ1v) is 11.7. The first kappa shape index (κ1) is 23.8. The third kappa shape index (κ3) is 4.53. The molecular weight excluding hydrogens is 434 g/mol. The molecule has 0 aromatic heterocycles. The van der Waals surface area contributed by atoms with E-state index in [1.165, 1.54) is 0 Å². The van der Waals surface area contributed by atoms with Crippen molar-refractivity contribution in [1.29, 1.82) is 0 Å². The Hall–Kier alpha value is -3.32. The zero-order valence-corrected chi connectivity index (χ0v) is 19.7. The summed E-state index contributed by atoms with van der Waals surface area (Å²) < 4.78 is 23.3. The van der Waals surface area contributed by atoms with Crippen LogP contribution in [0.25, 0.3) is 0 Å². The molecule has 4 rings (SSSR count). The number of carbonyl (C=O) groups excluding carboxylic acids is 2. The maximum absolute atomic E-state index is 12.3. The number of hydrogen-bond acceptors (Lipinski definition) is 7. The first-order chi connectivity index (χ1) is 16.5. The molecule has 7 nitrogen and oxygen atoms in total. The molecule has 0 bridgehead atoms. The molecule has 2 fully saturated rings. The van der Waals surface area contributed by atoms with Gasteiger partial charge in [0.25, 0.3) is 0 Å². The van der Waals surface area contributed by atoms with Crippen LogP contribution < -0.4 is 9.47 Å². The highest BCUT2D eigenvalue weighted by atomic mass is 16.8. The molecule has 2 aliphatic rings. The highest BCUT2D eigenvalue weighted by molar-refractivity contribution is 6.31. The summed E-state index contributed by atoms with van der Waals surface area (Å²) >= 11 is 0. The molecule has 34 heavy (non-hydrogen) atoms. The van der Waals surface area contributed by atoms with Crippen molar-refractivity contribution >= 4 is 11.9 Å². The van der Waals surface area contributed by atoms with Crippen LogP contribution in [0.1, 0.15) is 36.8 Å². The highest BCUT2D eigenvalue weighted by Crippen LogP contribution is 2.47. The van der Waals surface area contributed by atoms with Crippen LogP contribution in [0.2, 0.25) is 0 Å². The molecule has 2 unspecified atom stereocenters. The van der Waals surface area contributed by atoms with Crippen molar-refractivity contribution in [1.82, 2.24) is 4.90 Å². The molecule has 7 heteroatoms. The van der Waals surface area contributed by atoms with Crippen molar-refractivity contribution in [2.24, 2.45) is 5.92 Å². The molecule has 2 saturated heterocycles. The number of ether oxygens (including phenoxy) is 4. The monoisotopic (exact) mass is 465 g/mol. The van der Waals surface area contributed by atoms with Crippen molar-refractivity contribution in [2.75, 3.05) is 26.8 Å². The van der Waals surface area contributed by atoms with Crippen molar-refractivity contribution in [3.63, 3.8) is 0 Å². The van der Waals surface area contributed by atoms with Gasteiger partial charge in [0, 0.05) is 19.0 Å². The maximum atomic E-state index is 12.3. The minimum Gasteiger partial charge on any atom is -0.493 e. The van der Waals surface area contributed by atoms with Gasteiger partial charge in [-0.2, -0.15) is 0 Å². The third-order valence-corrected chi connectivity index (χ3v) is 6.50. The molecule has 0 aliphatic carbocycles. The molecular formula is C27H31NO6. The zero-order valence-electron chi connectivity index (χ0n) is 19.7. The summed E-state index contributed by atoms with van der Waals surface area (Å²) in [5.74, 6) is -2.75. The van der Waals surface area contributed by atoms with Crippen molar-refractivity contribution in [3.8, 4) is 11.5 Å². The van der Waals surface area contributed by atoms with E-state index in [9.17, 15) is 9.59 Å². The smallest absolute Gasteiger partial charge is 0.421 e. The minimum atomic E-state index is -1.50. The fourth-order valence-electron chi connectivity index (χ4n) is 4.95. The predicted octanol–water partition coefficient (Wildman–Crippen LogP) is 4.07. The Bertz CT molecular complexity index is 1020. The summed E-state index contributed by atoms with van der Waals surface area (Å²) in [7, 11) is 1.60. The number of piperidine rings is 1. The van der Waals surface area contributed by atoms with E-state index in [-0.39, 0.29) is 12.5 Å². The minimum absolute atomic E-state index is 0.0426. The highest BCUT2D eigenvalue weighted by Gasteiger charge is 2.62. The summed E-state index contributed by atoms with van der Waals surface area (Å²) in [6.07, 6.45) is 4.18. The van der Waals surface area contributed by atoms with Gasteiger partial charge in [-0.1, -0.05) is 49.4 Å². The van der Waals surface area contributed by atoms with Crippen LogP contribution in [0.5, 0.6) is 11.5 Å². The van der Waals surface area contributed by atoms with E-state index in [2.05, 4.69) is 6.58 Å². The Balaban J connectivity index is 1.70. The number of benzene rings is 2. The molecule has 2 heterocycles. The number of likely N-dealkylation sites (tertiary alicyclic amines) is 1. The second kappa shape index (κ2) is 10.3. The van der Waals surface area contributed by atoms with Gasteiger partial charge in [-0.3, -0.25) is 0 Å². The summed E-state index contributed by atoms with van der Waals surface area (Å²) in [5.41, 5.74) is 2.14. The molecule has 0 N–H and O–H groups in total. The molecule has 1 spiro atoms. The molecule has 0 saturated carbocycles. The first-order valence-electron chi connectivity index (χ1n) is 11.7. The third-order valence-electron chi connectivity index (χ3n) is 6.50.